The van der Waals surface area contributed by atoms with E-state index in [0.29, 0.717) is 30.3 Å². The highest BCUT2D eigenvalue weighted by molar-refractivity contribution is 6.30. The molecule has 0 saturated carbocycles. The van der Waals surface area contributed by atoms with Gasteiger partial charge in [0.2, 0.25) is 5.91 Å². The summed E-state index contributed by atoms with van der Waals surface area (Å²) in [5.74, 6) is -0.334. The minimum atomic E-state index is -0.223. The van der Waals surface area contributed by atoms with Crippen molar-refractivity contribution in [2.24, 2.45) is 0 Å². The SMILES string of the molecule is CCOCc1ccc(CNC(=O)CCNC(=O)c2ccc(Cl)cc2)cc1. The fourth-order valence-corrected chi connectivity index (χ4v) is 2.38. The van der Waals surface area contributed by atoms with Gasteiger partial charge in [-0.1, -0.05) is 35.9 Å². The molecule has 0 fully saturated rings. The number of carbonyl (C=O) groups is 2. The van der Waals surface area contributed by atoms with Gasteiger partial charge in [0, 0.05) is 36.7 Å². The lowest BCUT2D eigenvalue weighted by atomic mass is 10.1. The standard InChI is InChI=1S/C20H23ClN2O3/c1-2-26-14-16-5-3-15(4-6-16)13-23-19(24)11-12-22-20(25)17-7-9-18(21)10-8-17/h3-10H,2,11-14H2,1H3,(H,22,25)(H,23,24). The van der Waals surface area contributed by atoms with Gasteiger partial charge in [-0.25, -0.2) is 0 Å². The molecule has 0 radical (unpaired) electrons. The normalized spacial score (nSPS) is 10.4. The molecule has 0 aliphatic heterocycles. The number of amides is 2. The number of carbonyl (C=O) groups excluding carboxylic acids is 2. The van der Waals surface area contributed by atoms with E-state index in [1.807, 2.05) is 31.2 Å². The topological polar surface area (TPSA) is 67.4 Å². The monoisotopic (exact) mass is 374 g/mol. The molecular formula is C20H23ClN2O3. The van der Waals surface area contributed by atoms with Crippen molar-refractivity contribution in [3.63, 3.8) is 0 Å². The van der Waals surface area contributed by atoms with Crippen molar-refractivity contribution in [2.75, 3.05) is 13.2 Å². The van der Waals surface area contributed by atoms with Crippen molar-refractivity contribution in [3.05, 3.63) is 70.2 Å². The summed E-state index contributed by atoms with van der Waals surface area (Å²) in [6.45, 7) is 3.98. The number of benzene rings is 2. The molecule has 2 N–H and O–H groups in total. The fraction of sp³-hybridized carbons (Fsp3) is 0.300. The first-order valence-corrected chi connectivity index (χ1v) is 8.92. The zero-order valence-corrected chi connectivity index (χ0v) is 15.5. The molecule has 0 heterocycles. The van der Waals surface area contributed by atoms with Gasteiger partial charge in [-0.05, 0) is 42.3 Å². The van der Waals surface area contributed by atoms with Crippen LogP contribution in [0.25, 0.3) is 0 Å². The summed E-state index contributed by atoms with van der Waals surface area (Å²) in [4.78, 5) is 23.8. The Labute approximate surface area is 158 Å². The van der Waals surface area contributed by atoms with Gasteiger partial charge in [0.25, 0.3) is 5.91 Å². The van der Waals surface area contributed by atoms with E-state index in [9.17, 15) is 9.59 Å². The third kappa shape index (κ3) is 6.86. The predicted octanol–water partition coefficient (Wildman–Crippen LogP) is 3.31. The molecule has 2 rings (SSSR count). The number of hydrogen-bond donors (Lipinski definition) is 2. The third-order valence-corrected chi connectivity index (χ3v) is 3.98. The van der Waals surface area contributed by atoms with Crippen LogP contribution in [0.1, 0.15) is 34.8 Å². The maximum Gasteiger partial charge on any atom is 0.251 e. The minimum absolute atomic E-state index is 0.111. The first-order valence-electron chi connectivity index (χ1n) is 8.54. The van der Waals surface area contributed by atoms with Crippen LogP contribution in [-0.2, 0) is 22.7 Å². The van der Waals surface area contributed by atoms with Gasteiger partial charge < -0.3 is 15.4 Å². The molecule has 2 amide bonds. The van der Waals surface area contributed by atoms with Crippen molar-refractivity contribution < 1.29 is 14.3 Å². The summed E-state index contributed by atoms with van der Waals surface area (Å²) in [7, 11) is 0. The second kappa shape index (κ2) is 10.6. The molecular weight excluding hydrogens is 352 g/mol. The van der Waals surface area contributed by atoms with E-state index in [2.05, 4.69) is 10.6 Å². The highest BCUT2D eigenvalue weighted by Crippen LogP contribution is 2.09. The first-order chi connectivity index (χ1) is 12.6. The lowest BCUT2D eigenvalue weighted by molar-refractivity contribution is -0.121. The fourth-order valence-electron chi connectivity index (χ4n) is 2.26. The molecule has 2 aromatic carbocycles. The van der Waals surface area contributed by atoms with Crippen LogP contribution in [0.5, 0.6) is 0 Å². The average Bonchev–Trinajstić information content (AvgIpc) is 2.66. The molecule has 0 atom stereocenters. The lowest BCUT2D eigenvalue weighted by Gasteiger charge is -2.08. The van der Waals surface area contributed by atoms with Crippen molar-refractivity contribution in [1.82, 2.24) is 10.6 Å². The summed E-state index contributed by atoms with van der Waals surface area (Å²) in [5.41, 5.74) is 2.64. The number of halogens is 1. The highest BCUT2D eigenvalue weighted by Gasteiger charge is 2.06. The maximum atomic E-state index is 11.9. The van der Waals surface area contributed by atoms with Gasteiger partial charge >= 0.3 is 0 Å². The lowest BCUT2D eigenvalue weighted by Crippen LogP contribution is -2.30. The number of rotatable bonds is 9. The van der Waals surface area contributed by atoms with E-state index < -0.39 is 0 Å². The minimum Gasteiger partial charge on any atom is -0.377 e. The molecule has 0 aromatic heterocycles. The molecule has 26 heavy (non-hydrogen) atoms. The van der Waals surface area contributed by atoms with Crippen LogP contribution in [0.15, 0.2) is 48.5 Å². The summed E-state index contributed by atoms with van der Waals surface area (Å²) in [6.07, 6.45) is 0.224. The van der Waals surface area contributed by atoms with E-state index in [1.54, 1.807) is 24.3 Å². The van der Waals surface area contributed by atoms with Crippen LogP contribution < -0.4 is 10.6 Å². The molecule has 2 aromatic rings. The molecule has 0 saturated heterocycles. The molecule has 138 valence electrons. The second-order valence-electron chi connectivity index (χ2n) is 5.74. The van der Waals surface area contributed by atoms with Crippen molar-refractivity contribution >= 4 is 23.4 Å². The summed E-state index contributed by atoms with van der Waals surface area (Å²) in [6, 6.07) is 14.5. The van der Waals surface area contributed by atoms with Crippen LogP contribution in [-0.4, -0.2) is 25.0 Å². The molecule has 6 heteroatoms. The predicted molar refractivity (Wildman–Crippen MR) is 102 cm³/mol. The Morgan fingerprint density at radius 1 is 0.962 bits per heavy atom. The molecule has 0 unspecified atom stereocenters. The highest BCUT2D eigenvalue weighted by atomic mass is 35.5. The van der Waals surface area contributed by atoms with Crippen LogP contribution in [0.3, 0.4) is 0 Å². The van der Waals surface area contributed by atoms with Crippen molar-refractivity contribution in [3.8, 4) is 0 Å². The van der Waals surface area contributed by atoms with Crippen LogP contribution in [0.2, 0.25) is 5.02 Å². The van der Waals surface area contributed by atoms with Gasteiger partial charge in [-0.2, -0.15) is 0 Å². The smallest absolute Gasteiger partial charge is 0.251 e. The van der Waals surface area contributed by atoms with E-state index >= 15 is 0 Å². The first kappa shape index (κ1) is 19.9. The van der Waals surface area contributed by atoms with E-state index in [0.717, 1.165) is 11.1 Å². The van der Waals surface area contributed by atoms with Crippen molar-refractivity contribution in [2.45, 2.75) is 26.5 Å². The average molecular weight is 375 g/mol. The Bertz CT molecular complexity index is 715. The Hall–Kier alpha value is -2.37. The molecule has 5 nitrogen and oxygen atoms in total. The van der Waals surface area contributed by atoms with Crippen LogP contribution in [0, 0.1) is 0 Å². The summed E-state index contributed by atoms with van der Waals surface area (Å²) < 4.78 is 5.35. The number of hydrogen-bond acceptors (Lipinski definition) is 3. The summed E-state index contributed by atoms with van der Waals surface area (Å²) >= 11 is 5.79. The van der Waals surface area contributed by atoms with Gasteiger partial charge in [0.05, 0.1) is 6.61 Å². The van der Waals surface area contributed by atoms with Gasteiger partial charge in [0.15, 0.2) is 0 Å². The number of ether oxygens (including phenoxy) is 1. The maximum absolute atomic E-state index is 11.9. The zero-order valence-electron chi connectivity index (χ0n) is 14.8. The van der Waals surface area contributed by atoms with Gasteiger partial charge in [-0.3, -0.25) is 9.59 Å². The van der Waals surface area contributed by atoms with Crippen LogP contribution in [0.4, 0.5) is 0 Å². The van der Waals surface area contributed by atoms with E-state index in [1.165, 1.54) is 0 Å². The largest absolute Gasteiger partial charge is 0.377 e. The van der Waals surface area contributed by atoms with Gasteiger partial charge in [0.1, 0.15) is 0 Å². The van der Waals surface area contributed by atoms with Crippen LogP contribution >= 0.6 is 11.6 Å². The Kier molecular flexibility index (Phi) is 8.12. The zero-order chi connectivity index (χ0) is 18.8. The molecule has 0 aliphatic rings. The van der Waals surface area contributed by atoms with E-state index in [-0.39, 0.29) is 24.8 Å². The molecule has 0 aliphatic carbocycles. The Morgan fingerprint density at radius 3 is 2.27 bits per heavy atom. The quantitative estimate of drug-likeness (QED) is 0.707. The Balaban J connectivity index is 1.67. The molecule has 0 bridgehead atoms. The number of nitrogens with one attached hydrogen (secondary N) is 2. The van der Waals surface area contributed by atoms with Crippen molar-refractivity contribution in [1.29, 1.82) is 0 Å². The van der Waals surface area contributed by atoms with E-state index in [4.69, 9.17) is 16.3 Å². The molecule has 0 spiro atoms. The van der Waals surface area contributed by atoms with Gasteiger partial charge in [-0.15, -0.1) is 0 Å². The third-order valence-electron chi connectivity index (χ3n) is 3.73. The second-order valence-corrected chi connectivity index (χ2v) is 6.18. The Morgan fingerprint density at radius 2 is 1.62 bits per heavy atom. The summed E-state index contributed by atoms with van der Waals surface area (Å²) in [5, 5.41) is 6.14.